The van der Waals surface area contributed by atoms with E-state index in [1.165, 1.54) is 18.2 Å². The normalized spacial score (nSPS) is 19.3. The largest absolute Gasteiger partial charge is 0.467 e. The van der Waals surface area contributed by atoms with Crippen LogP contribution >= 0.6 is 0 Å². The molecule has 154 valence electrons. The Morgan fingerprint density at radius 1 is 1.17 bits per heavy atom. The fraction of sp³-hybridized carbons (Fsp3) is 0.478. The summed E-state index contributed by atoms with van der Waals surface area (Å²) in [6, 6.07) is 8.07. The van der Waals surface area contributed by atoms with Gasteiger partial charge in [0.1, 0.15) is 17.6 Å². The van der Waals surface area contributed by atoms with Gasteiger partial charge in [0.2, 0.25) is 0 Å². The first-order chi connectivity index (χ1) is 14.0. The van der Waals surface area contributed by atoms with Crippen molar-refractivity contribution in [3.05, 3.63) is 58.0 Å². The molecule has 2 aromatic rings. The van der Waals surface area contributed by atoms with Gasteiger partial charge in [0, 0.05) is 38.2 Å². The maximum absolute atomic E-state index is 13.4. The predicted molar refractivity (Wildman–Crippen MR) is 109 cm³/mol. The van der Waals surface area contributed by atoms with E-state index in [4.69, 9.17) is 9.15 Å². The zero-order valence-electron chi connectivity index (χ0n) is 17.4. The molecule has 1 saturated heterocycles. The van der Waals surface area contributed by atoms with Gasteiger partial charge in [0.05, 0.1) is 12.7 Å². The van der Waals surface area contributed by atoms with Gasteiger partial charge in [-0.15, -0.1) is 0 Å². The molecule has 3 heterocycles. The molecule has 0 N–H and O–H groups in total. The van der Waals surface area contributed by atoms with Crippen LogP contribution in [0.25, 0.3) is 0 Å². The molecule has 0 aliphatic carbocycles. The molecule has 0 saturated carbocycles. The van der Waals surface area contributed by atoms with Crippen molar-refractivity contribution in [3.8, 4) is 0 Å². The molecule has 6 nitrogen and oxygen atoms in total. The number of hydrogen-bond donors (Lipinski definition) is 0. The van der Waals surface area contributed by atoms with E-state index in [9.17, 15) is 9.59 Å². The Balaban J connectivity index is 1.56. The second kappa shape index (κ2) is 8.03. The van der Waals surface area contributed by atoms with Gasteiger partial charge in [-0.05, 0) is 32.3 Å². The number of aryl methyl sites for hydroxylation is 2. The van der Waals surface area contributed by atoms with Crippen LogP contribution in [0.5, 0.6) is 0 Å². The number of benzene rings is 1. The van der Waals surface area contributed by atoms with Crippen LogP contribution in [0.4, 0.5) is 0 Å². The predicted octanol–water partition coefficient (Wildman–Crippen LogP) is 3.23. The summed E-state index contributed by atoms with van der Waals surface area (Å²) in [4.78, 5) is 29.5. The molecular weight excluding hydrogens is 368 g/mol. The molecule has 4 rings (SSSR count). The van der Waals surface area contributed by atoms with Crippen molar-refractivity contribution in [1.29, 1.82) is 0 Å². The van der Waals surface area contributed by atoms with Crippen molar-refractivity contribution in [3.63, 3.8) is 0 Å². The second-order valence-electron chi connectivity index (χ2n) is 8.06. The van der Waals surface area contributed by atoms with E-state index < -0.39 is 6.04 Å². The topological polar surface area (TPSA) is 63.0 Å². The average molecular weight is 396 g/mol. The first-order valence-corrected chi connectivity index (χ1v) is 10.3. The number of nitrogens with zero attached hydrogens (tertiary/aromatic N) is 2. The maximum Gasteiger partial charge on any atom is 0.328 e. The molecule has 0 spiro atoms. The van der Waals surface area contributed by atoms with Gasteiger partial charge in [-0.25, -0.2) is 4.79 Å². The van der Waals surface area contributed by atoms with E-state index >= 15 is 0 Å². The summed E-state index contributed by atoms with van der Waals surface area (Å²) in [6.07, 6.45) is 2.25. The molecule has 1 unspecified atom stereocenters. The minimum absolute atomic E-state index is 0.113. The molecule has 0 radical (unpaired) electrons. The minimum Gasteiger partial charge on any atom is -0.467 e. The fourth-order valence-corrected chi connectivity index (χ4v) is 4.48. The van der Waals surface area contributed by atoms with Crippen molar-refractivity contribution >= 4 is 11.9 Å². The minimum atomic E-state index is -0.496. The summed E-state index contributed by atoms with van der Waals surface area (Å²) in [6.45, 7) is 6.92. The molecule has 1 atom stereocenters. The molecule has 0 bridgehead atoms. The van der Waals surface area contributed by atoms with Crippen LogP contribution in [0.3, 0.4) is 0 Å². The smallest absolute Gasteiger partial charge is 0.328 e. The molecule has 1 aromatic carbocycles. The number of likely N-dealkylation sites (tertiary alicyclic amines) is 1. The number of rotatable bonds is 4. The highest BCUT2D eigenvalue weighted by Gasteiger charge is 2.38. The summed E-state index contributed by atoms with van der Waals surface area (Å²) in [5, 5.41) is 0. The highest BCUT2D eigenvalue weighted by atomic mass is 16.5. The fourth-order valence-electron chi connectivity index (χ4n) is 4.48. The van der Waals surface area contributed by atoms with Crippen molar-refractivity contribution < 1.29 is 18.7 Å². The van der Waals surface area contributed by atoms with Crippen molar-refractivity contribution in [2.75, 3.05) is 20.2 Å². The van der Waals surface area contributed by atoms with E-state index in [0.29, 0.717) is 30.8 Å². The summed E-state index contributed by atoms with van der Waals surface area (Å²) in [7, 11) is 1.37. The first kappa shape index (κ1) is 19.7. The van der Waals surface area contributed by atoms with Gasteiger partial charge in [-0.2, -0.15) is 0 Å². The van der Waals surface area contributed by atoms with Gasteiger partial charge >= 0.3 is 5.97 Å². The molecule has 2 aliphatic heterocycles. The third kappa shape index (κ3) is 3.81. The summed E-state index contributed by atoms with van der Waals surface area (Å²) in [5.41, 5.74) is 4.11. The summed E-state index contributed by atoms with van der Waals surface area (Å²) >= 11 is 0. The number of ether oxygens (including phenoxy) is 1. The zero-order valence-corrected chi connectivity index (χ0v) is 17.4. The van der Waals surface area contributed by atoms with Crippen LogP contribution in [0, 0.1) is 13.8 Å². The van der Waals surface area contributed by atoms with Crippen LogP contribution in [0.1, 0.15) is 51.4 Å². The van der Waals surface area contributed by atoms with Gasteiger partial charge < -0.3 is 14.1 Å². The van der Waals surface area contributed by atoms with Crippen LogP contribution in [-0.2, 0) is 29.0 Å². The lowest BCUT2D eigenvalue weighted by molar-refractivity contribution is -0.145. The van der Waals surface area contributed by atoms with Crippen LogP contribution in [0.15, 0.2) is 28.7 Å². The third-order valence-corrected chi connectivity index (χ3v) is 6.03. The number of methoxy groups -OCH3 is 1. The lowest BCUT2D eigenvalue weighted by Crippen LogP contribution is -2.42. The molecule has 1 amide bonds. The quantitative estimate of drug-likeness (QED) is 0.743. The van der Waals surface area contributed by atoms with Gasteiger partial charge in [-0.3, -0.25) is 9.69 Å². The SMILES string of the molecule is COC(=O)C1CCCN1C(=O)c1c(C)oc2c1CN(Cc1ccc(C)cc1)CC2. The Bertz CT molecular complexity index is 916. The lowest BCUT2D eigenvalue weighted by atomic mass is 10.0. The Labute approximate surface area is 171 Å². The van der Waals surface area contributed by atoms with E-state index in [-0.39, 0.29) is 11.9 Å². The van der Waals surface area contributed by atoms with E-state index in [1.807, 2.05) is 6.92 Å². The molecule has 1 fully saturated rings. The summed E-state index contributed by atoms with van der Waals surface area (Å²) < 4.78 is 10.9. The van der Waals surface area contributed by atoms with Gasteiger partial charge in [0.15, 0.2) is 0 Å². The second-order valence-corrected chi connectivity index (χ2v) is 8.06. The van der Waals surface area contributed by atoms with Crippen molar-refractivity contribution in [1.82, 2.24) is 9.80 Å². The van der Waals surface area contributed by atoms with Crippen LogP contribution in [-0.4, -0.2) is 47.9 Å². The highest BCUT2D eigenvalue weighted by molar-refractivity contribution is 5.99. The van der Waals surface area contributed by atoms with Crippen LogP contribution < -0.4 is 0 Å². The zero-order chi connectivity index (χ0) is 20.5. The average Bonchev–Trinajstić information content (AvgIpc) is 3.32. The maximum atomic E-state index is 13.4. The highest BCUT2D eigenvalue weighted by Crippen LogP contribution is 2.32. The van der Waals surface area contributed by atoms with Gasteiger partial charge in [-0.1, -0.05) is 29.8 Å². The number of esters is 1. The van der Waals surface area contributed by atoms with E-state index in [1.54, 1.807) is 4.90 Å². The Morgan fingerprint density at radius 3 is 2.66 bits per heavy atom. The number of fused-ring (bicyclic) bond motifs is 1. The van der Waals surface area contributed by atoms with Crippen molar-refractivity contribution in [2.24, 2.45) is 0 Å². The molecule has 6 heteroatoms. The number of carbonyl (C=O) groups excluding carboxylic acids is 2. The Hall–Kier alpha value is -2.60. The third-order valence-electron chi connectivity index (χ3n) is 6.03. The Kier molecular flexibility index (Phi) is 5.46. The molecular formula is C23H28N2O4. The lowest BCUT2D eigenvalue weighted by Gasteiger charge is -2.28. The molecule has 2 aliphatic rings. The van der Waals surface area contributed by atoms with Crippen molar-refractivity contribution in [2.45, 2.75) is 52.2 Å². The van der Waals surface area contributed by atoms with E-state index in [2.05, 4.69) is 36.1 Å². The van der Waals surface area contributed by atoms with Gasteiger partial charge in [0.25, 0.3) is 5.91 Å². The Morgan fingerprint density at radius 2 is 1.93 bits per heavy atom. The summed E-state index contributed by atoms with van der Waals surface area (Å²) in [5.74, 6) is 1.09. The molecule has 1 aromatic heterocycles. The number of hydrogen-bond acceptors (Lipinski definition) is 5. The van der Waals surface area contributed by atoms with E-state index in [0.717, 1.165) is 37.3 Å². The van der Waals surface area contributed by atoms with Crippen LogP contribution in [0.2, 0.25) is 0 Å². The number of furan rings is 1. The monoisotopic (exact) mass is 396 g/mol. The first-order valence-electron chi connectivity index (χ1n) is 10.3. The standard InChI is InChI=1S/C23H28N2O4/c1-15-6-8-17(9-7-15)13-24-12-10-20-18(14-24)21(16(2)29-20)22(26)25-11-4-5-19(25)23(27)28-3/h6-9,19H,4-5,10-14H2,1-3H3. The number of carbonyl (C=O) groups is 2. The number of amides is 1. The molecule has 29 heavy (non-hydrogen) atoms.